The zero-order chi connectivity index (χ0) is 27.9. The summed E-state index contributed by atoms with van der Waals surface area (Å²) in [4.78, 5) is 37.3. The van der Waals surface area contributed by atoms with Gasteiger partial charge in [0.25, 0.3) is 0 Å². The SMILES string of the molecule is CCOC(=O)C(CCCc1ccc(Oc2cccc(S(C)(=O)=O)c2)cc1)(NC(=O)OC(C)(C)C)C(=O)O. The Balaban J connectivity index is 2.10. The van der Waals surface area contributed by atoms with E-state index in [0.29, 0.717) is 17.9 Å². The number of benzene rings is 2. The molecule has 10 nitrogen and oxygen atoms in total. The molecular weight excluding hydrogens is 502 g/mol. The number of sulfone groups is 1. The van der Waals surface area contributed by atoms with Gasteiger partial charge in [0.05, 0.1) is 11.5 Å². The first-order valence-electron chi connectivity index (χ1n) is 11.6. The number of alkyl carbamates (subject to hydrolysis) is 1. The summed E-state index contributed by atoms with van der Waals surface area (Å²) in [5, 5.41) is 12.1. The Morgan fingerprint density at radius 2 is 1.65 bits per heavy atom. The number of carboxylic acid groups (broad SMARTS) is 1. The second kappa shape index (κ2) is 12.1. The molecule has 0 aliphatic carbocycles. The minimum atomic E-state index is -3.37. The summed E-state index contributed by atoms with van der Waals surface area (Å²) in [5.41, 5.74) is -2.36. The number of carbonyl (C=O) groups excluding carboxylic acids is 2. The summed E-state index contributed by atoms with van der Waals surface area (Å²) < 4.78 is 39.3. The van der Waals surface area contributed by atoms with E-state index in [4.69, 9.17) is 14.2 Å². The molecule has 0 radical (unpaired) electrons. The number of ether oxygens (including phenoxy) is 3. The number of hydrogen-bond donors (Lipinski definition) is 2. The fourth-order valence-electron chi connectivity index (χ4n) is 3.38. The molecule has 202 valence electrons. The van der Waals surface area contributed by atoms with Crippen molar-refractivity contribution in [2.24, 2.45) is 0 Å². The molecule has 0 aliphatic rings. The van der Waals surface area contributed by atoms with Crippen LogP contribution in [0, 0.1) is 0 Å². The van der Waals surface area contributed by atoms with Crippen molar-refractivity contribution in [2.75, 3.05) is 12.9 Å². The molecule has 2 aromatic carbocycles. The Morgan fingerprint density at radius 1 is 1.00 bits per heavy atom. The first kappa shape index (κ1) is 29.6. The van der Waals surface area contributed by atoms with Gasteiger partial charge in [0.2, 0.25) is 5.54 Å². The number of nitrogens with one attached hydrogen (secondary N) is 1. The van der Waals surface area contributed by atoms with E-state index in [9.17, 15) is 27.9 Å². The maximum Gasteiger partial charge on any atom is 0.409 e. The van der Waals surface area contributed by atoms with E-state index in [1.807, 2.05) is 0 Å². The van der Waals surface area contributed by atoms with Crippen LogP contribution in [0.4, 0.5) is 4.79 Å². The molecule has 0 heterocycles. The van der Waals surface area contributed by atoms with Crippen LogP contribution < -0.4 is 10.1 Å². The van der Waals surface area contributed by atoms with Gasteiger partial charge < -0.3 is 19.3 Å². The standard InChI is InChI=1S/C26H33NO9S/c1-6-34-23(30)26(22(28)29,27-24(31)36-25(2,3)4)16-8-9-18-12-14-19(15-13-18)35-20-10-7-11-21(17-20)37(5,32)33/h7,10-15,17H,6,8-9,16H2,1-5H3,(H,27,31)(H,28,29). The van der Waals surface area contributed by atoms with Gasteiger partial charge in [-0.05, 0) is 82.9 Å². The van der Waals surface area contributed by atoms with Crippen molar-refractivity contribution in [2.45, 2.75) is 63.0 Å². The minimum Gasteiger partial charge on any atom is -0.479 e. The molecule has 0 saturated carbocycles. The van der Waals surface area contributed by atoms with E-state index in [1.54, 1.807) is 64.1 Å². The first-order valence-corrected chi connectivity index (χ1v) is 13.5. The second-order valence-electron chi connectivity index (χ2n) is 9.40. The summed E-state index contributed by atoms with van der Waals surface area (Å²) in [5.74, 6) is -1.78. The molecule has 1 amide bonds. The van der Waals surface area contributed by atoms with Gasteiger partial charge in [0.15, 0.2) is 9.84 Å². The van der Waals surface area contributed by atoms with E-state index in [1.165, 1.54) is 12.1 Å². The molecule has 1 unspecified atom stereocenters. The summed E-state index contributed by atoms with van der Waals surface area (Å²) >= 11 is 0. The quantitative estimate of drug-likeness (QED) is 0.320. The highest BCUT2D eigenvalue weighted by Crippen LogP contribution is 2.25. The van der Waals surface area contributed by atoms with Crippen molar-refractivity contribution in [1.82, 2.24) is 5.32 Å². The van der Waals surface area contributed by atoms with E-state index in [2.05, 4.69) is 5.32 Å². The normalized spacial score (nSPS) is 13.2. The van der Waals surface area contributed by atoms with E-state index >= 15 is 0 Å². The smallest absolute Gasteiger partial charge is 0.409 e. The number of esters is 1. The van der Waals surface area contributed by atoms with Gasteiger partial charge in [0.1, 0.15) is 17.1 Å². The van der Waals surface area contributed by atoms with Crippen LogP contribution >= 0.6 is 0 Å². The van der Waals surface area contributed by atoms with Gasteiger partial charge in [-0.2, -0.15) is 0 Å². The van der Waals surface area contributed by atoms with Crippen LogP contribution in [-0.4, -0.2) is 55.6 Å². The predicted molar refractivity (Wildman–Crippen MR) is 135 cm³/mol. The van der Waals surface area contributed by atoms with Gasteiger partial charge in [0, 0.05) is 6.26 Å². The number of carboxylic acids is 1. The third kappa shape index (κ3) is 8.78. The lowest BCUT2D eigenvalue weighted by atomic mass is 9.91. The zero-order valence-electron chi connectivity index (χ0n) is 21.6. The lowest BCUT2D eigenvalue weighted by Crippen LogP contribution is -2.61. The Bertz CT molecular complexity index is 1220. The molecule has 0 bridgehead atoms. The third-order valence-electron chi connectivity index (χ3n) is 5.11. The van der Waals surface area contributed by atoms with Crippen molar-refractivity contribution < 1.29 is 42.1 Å². The summed E-state index contributed by atoms with van der Waals surface area (Å²) in [6, 6.07) is 13.1. The minimum absolute atomic E-state index is 0.0571. The maximum atomic E-state index is 12.6. The van der Waals surface area contributed by atoms with Crippen molar-refractivity contribution in [3.05, 3.63) is 54.1 Å². The van der Waals surface area contributed by atoms with Crippen LogP contribution in [0.15, 0.2) is 53.4 Å². The molecule has 0 saturated heterocycles. The van der Waals surface area contributed by atoms with Crippen molar-refractivity contribution in [3.63, 3.8) is 0 Å². The van der Waals surface area contributed by atoms with E-state index < -0.39 is 39.0 Å². The lowest BCUT2D eigenvalue weighted by molar-refractivity contribution is -0.163. The molecule has 11 heteroatoms. The van der Waals surface area contributed by atoms with Crippen LogP contribution in [0.2, 0.25) is 0 Å². The van der Waals surface area contributed by atoms with Crippen molar-refractivity contribution in [1.29, 1.82) is 0 Å². The number of aryl methyl sites for hydroxylation is 1. The molecule has 0 spiro atoms. The number of amides is 1. The van der Waals surface area contributed by atoms with E-state index in [-0.39, 0.29) is 24.3 Å². The number of rotatable bonds is 11. The summed E-state index contributed by atoms with van der Waals surface area (Å²) in [7, 11) is -3.37. The number of aliphatic carboxylic acids is 1. The van der Waals surface area contributed by atoms with Gasteiger partial charge in [-0.25, -0.2) is 22.8 Å². The predicted octanol–water partition coefficient (Wildman–Crippen LogP) is 4.12. The summed E-state index contributed by atoms with van der Waals surface area (Å²) in [6.45, 7) is 6.34. The Labute approximate surface area is 216 Å². The highest BCUT2D eigenvalue weighted by atomic mass is 32.2. The maximum absolute atomic E-state index is 12.6. The second-order valence-corrected chi connectivity index (χ2v) is 11.4. The topological polar surface area (TPSA) is 145 Å². The molecule has 2 N–H and O–H groups in total. The average Bonchev–Trinajstić information content (AvgIpc) is 2.78. The van der Waals surface area contributed by atoms with Crippen molar-refractivity contribution in [3.8, 4) is 11.5 Å². The van der Waals surface area contributed by atoms with Crippen LogP contribution in [0.1, 0.15) is 46.1 Å². The number of carbonyl (C=O) groups is 3. The molecule has 0 fully saturated rings. The molecular formula is C26H33NO9S. The fraction of sp³-hybridized carbons (Fsp3) is 0.423. The Kier molecular flexibility index (Phi) is 9.68. The van der Waals surface area contributed by atoms with Crippen LogP contribution in [-0.2, 0) is 35.3 Å². The molecule has 0 aliphatic heterocycles. The highest BCUT2D eigenvalue weighted by Gasteiger charge is 2.49. The van der Waals surface area contributed by atoms with Crippen LogP contribution in [0.5, 0.6) is 11.5 Å². The van der Waals surface area contributed by atoms with Crippen LogP contribution in [0.25, 0.3) is 0 Å². The van der Waals surface area contributed by atoms with Crippen molar-refractivity contribution >= 4 is 27.9 Å². The molecule has 0 aromatic heterocycles. The van der Waals surface area contributed by atoms with Gasteiger partial charge in [-0.1, -0.05) is 18.2 Å². The fourth-order valence-corrected chi connectivity index (χ4v) is 4.04. The van der Waals surface area contributed by atoms with E-state index in [0.717, 1.165) is 11.8 Å². The van der Waals surface area contributed by atoms with Gasteiger partial charge in [-0.3, -0.25) is 5.32 Å². The largest absolute Gasteiger partial charge is 0.479 e. The van der Waals surface area contributed by atoms with Gasteiger partial charge in [-0.15, -0.1) is 0 Å². The van der Waals surface area contributed by atoms with Gasteiger partial charge >= 0.3 is 18.0 Å². The molecule has 2 aromatic rings. The lowest BCUT2D eigenvalue weighted by Gasteiger charge is -2.29. The number of hydrogen-bond acceptors (Lipinski definition) is 8. The molecule has 2 rings (SSSR count). The van der Waals surface area contributed by atoms with Crippen LogP contribution in [0.3, 0.4) is 0 Å². The average molecular weight is 536 g/mol. The monoisotopic (exact) mass is 535 g/mol. The Morgan fingerprint density at radius 3 is 2.19 bits per heavy atom. The Hall–Kier alpha value is -3.60. The zero-order valence-corrected chi connectivity index (χ0v) is 22.4. The summed E-state index contributed by atoms with van der Waals surface area (Å²) in [6.07, 6.45) is 0.484. The molecule has 37 heavy (non-hydrogen) atoms. The third-order valence-corrected chi connectivity index (χ3v) is 6.22. The first-order chi connectivity index (χ1) is 17.2. The highest BCUT2D eigenvalue weighted by molar-refractivity contribution is 7.90. The molecule has 1 atom stereocenters.